The molecule has 2 heterocycles. The number of nitrogens with zero attached hydrogens (tertiary/aromatic N) is 2. The highest BCUT2D eigenvalue weighted by molar-refractivity contribution is 5.74. The smallest absolute Gasteiger partial charge is 0.320 e. The summed E-state index contributed by atoms with van der Waals surface area (Å²) in [6.07, 6.45) is 1.69. The van der Waals surface area contributed by atoms with Crippen LogP contribution < -0.4 is 4.74 Å². The van der Waals surface area contributed by atoms with Gasteiger partial charge >= 0.3 is 6.03 Å². The van der Waals surface area contributed by atoms with E-state index in [9.17, 15) is 9.18 Å². The molecule has 2 aliphatic rings. The van der Waals surface area contributed by atoms with Crippen molar-refractivity contribution in [2.45, 2.75) is 18.9 Å². The molecule has 2 aliphatic heterocycles. The van der Waals surface area contributed by atoms with Crippen LogP contribution in [0.25, 0.3) is 0 Å². The number of halogens is 1. The minimum absolute atomic E-state index is 0.0517. The van der Waals surface area contributed by atoms with Crippen LogP contribution in [0.3, 0.4) is 0 Å². The monoisotopic (exact) mass is 308 g/mol. The number of piperidine rings is 1. The van der Waals surface area contributed by atoms with Crippen LogP contribution in [-0.4, -0.2) is 61.3 Å². The van der Waals surface area contributed by atoms with E-state index >= 15 is 0 Å². The van der Waals surface area contributed by atoms with Gasteiger partial charge in [0.05, 0.1) is 19.8 Å². The lowest BCUT2D eigenvalue weighted by molar-refractivity contribution is 0.0330. The topological polar surface area (TPSA) is 42.0 Å². The Labute approximate surface area is 129 Å². The molecule has 1 aromatic carbocycles. The lowest BCUT2D eigenvalue weighted by Gasteiger charge is -2.37. The summed E-state index contributed by atoms with van der Waals surface area (Å²) >= 11 is 0. The van der Waals surface area contributed by atoms with Crippen LogP contribution in [0.1, 0.15) is 12.8 Å². The molecule has 0 bridgehead atoms. The van der Waals surface area contributed by atoms with Crippen molar-refractivity contribution in [2.75, 3.05) is 39.4 Å². The number of carbonyl (C=O) groups is 1. The van der Waals surface area contributed by atoms with E-state index in [1.165, 1.54) is 12.1 Å². The number of hydrogen-bond donors (Lipinski definition) is 0. The van der Waals surface area contributed by atoms with E-state index in [0.717, 1.165) is 19.4 Å². The summed E-state index contributed by atoms with van der Waals surface area (Å²) in [6.45, 7) is 3.78. The van der Waals surface area contributed by atoms with Crippen molar-refractivity contribution in [3.05, 3.63) is 30.1 Å². The summed E-state index contributed by atoms with van der Waals surface area (Å²) in [6, 6.07) is 6.19. The molecule has 1 atom stereocenters. The molecule has 0 aromatic heterocycles. The molecule has 0 spiro atoms. The van der Waals surface area contributed by atoms with Crippen molar-refractivity contribution in [1.82, 2.24) is 9.80 Å². The SMILES string of the molecule is O=C(N1CCOCC1)N1CCCC(Oc2cccc(F)c2)C1. The van der Waals surface area contributed by atoms with Crippen LogP contribution in [0, 0.1) is 5.82 Å². The Hall–Kier alpha value is -1.82. The Balaban J connectivity index is 1.57. The first-order valence-corrected chi connectivity index (χ1v) is 7.76. The van der Waals surface area contributed by atoms with Crippen LogP contribution in [0.2, 0.25) is 0 Å². The third-order valence-corrected chi connectivity index (χ3v) is 4.03. The number of hydrogen-bond acceptors (Lipinski definition) is 3. The fourth-order valence-electron chi connectivity index (χ4n) is 2.90. The second kappa shape index (κ2) is 6.96. The van der Waals surface area contributed by atoms with E-state index in [1.807, 2.05) is 9.80 Å². The summed E-state index contributed by atoms with van der Waals surface area (Å²) < 4.78 is 24.3. The second-order valence-electron chi connectivity index (χ2n) is 5.67. The molecule has 0 N–H and O–H groups in total. The summed E-state index contributed by atoms with van der Waals surface area (Å²) in [5.74, 6) is 0.209. The van der Waals surface area contributed by atoms with E-state index in [2.05, 4.69) is 0 Å². The van der Waals surface area contributed by atoms with Crippen LogP contribution in [0.15, 0.2) is 24.3 Å². The Morgan fingerprint density at radius 1 is 1.23 bits per heavy atom. The van der Waals surface area contributed by atoms with Crippen molar-refractivity contribution in [3.8, 4) is 5.75 Å². The van der Waals surface area contributed by atoms with Gasteiger partial charge in [-0.05, 0) is 25.0 Å². The van der Waals surface area contributed by atoms with E-state index < -0.39 is 0 Å². The number of benzene rings is 1. The predicted octanol–water partition coefficient (Wildman–Crippen LogP) is 2.12. The first-order valence-electron chi connectivity index (χ1n) is 7.76. The first-order chi connectivity index (χ1) is 10.7. The van der Waals surface area contributed by atoms with Gasteiger partial charge in [0.1, 0.15) is 17.7 Å². The van der Waals surface area contributed by atoms with Crippen LogP contribution in [0.4, 0.5) is 9.18 Å². The van der Waals surface area contributed by atoms with Gasteiger partial charge in [-0.25, -0.2) is 9.18 Å². The molecule has 22 heavy (non-hydrogen) atoms. The summed E-state index contributed by atoms with van der Waals surface area (Å²) in [7, 11) is 0. The average Bonchev–Trinajstić information content (AvgIpc) is 2.55. The Bertz CT molecular complexity index is 520. The zero-order valence-electron chi connectivity index (χ0n) is 12.5. The fraction of sp³-hybridized carbons (Fsp3) is 0.562. The molecule has 2 amide bonds. The third-order valence-electron chi connectivity index (χ3n) is 4.03. The van der Waals surface area contributed by atoms with Crippen LogP contribution in [0.5, 0.6) is 5.75 Å². The molecule has 0 aliphatic carbocycles. The molecule has 5 nitrogen and oxygen atoms in total. The zero-order chi connectivity index (χ0) is 15.4. The highest BCUT2D eigenvalue weighted by Crippen LogP contribution is 2.20. The number of urea groups is 1. The summed E-state index contributed by atoms with van der Waals surface area (Å²) in [5, 5.41) is 0. The van der Waals surface area contributed by atoms with Gasteiger partial charge in [-0.3, -0.25) is 0 Å². The van der Waals surface area contributed by atoms with Crippen molar-refractivity contribution in [3.63, 3.8) is 0 Å². The quantitative estimate of drug-likeness (QED) is 0.840. The molecule has 2 saturated heterocycles. The molecule has 1 unspecified atom stereocenters. The van der Waals surface area contributed by atoms with Gasteiger partial charge in [-0.15, -0.1) is 0 Å². The van der Waals surface area contributed by atoms with Gasteiger partial charge in [0.15, 0.2) is 0 Å². The van der Waals surface area contributed by atoms with Gasteiger partial charge in [0.2, 0.25) is 0 Å². The number of carbonyl (C=O) groups excluding carboxylic acids is 1. The second-order valence-corrected chi connectivity index (χ2v) is 5.67. The lowest BCUT2D eigenvalue weighted by Crippen LogP contribution is -2.52. The molecule has 120 valence electrons. The fourth-order valence-corrected chi connectivity index (χ4v) is 2.90. The number of ether oxygens (including phenoxy) is 2. The Kier molecular flexibility index (Phi) is 4.77. The Morgan fingerprint density at radius 3 is 2.82 bits per heavy atom. The number of rotatable bonds is 2. The van der Waals surface area contributed by atoms with Crippen molar-refractivity contribution in [2.24, 2.45) is 0 Å². The summed E-state index contributed by atoms with van der Waals surface area (Å²) in [4.78, 5) is 16.1. The maximum atomic E-state index is 13.2. The average molecular weight is 308 g/mol. The molecule has 0 radical (unpaired) electrons. The normalized spacial score (nSPS) is 22.5. The maximum Gasteiger partial charge on any atom is 0.320 e. The number of amides is 2. The van der Waals surface area contributed by atoms with E-state index in [1.54, 1.807) is 12.1 Å². The number of morpholine rings is 1. The molecule has 6 heteroatoms. The third kappa shape index (κ3) is 3.68. The molecule has 0 saturated carbocycles. The lowest BCUT2D eigenvalue weighted by atomic mass is 10.1. The van der Waals surface area contributed by atoms with Crippen LogP contribution in [-0.2, 0) is 4.74 Å². The van der Waals surface area contributed by atoms with Gasteiger partial charge in [-0.1, -0.05) is 6.07 Å². The summed E-state index contributed by atoms with van der Waals surface area (Å²) in [5.41, 5.74) is 0. The zero-order valence-corrected chi connectivity index (χ0v) is 12.5. The highest BCUT2D eigenvalue weighted by atomic mass is 19.1. The van der Waals surface area contributed by atoms with Crippen molar-refractivity contribution >= 4 is 6.03 Å². The molecular formula is C16H21FN2O3. The Morgan fingerprint density at radius 2 is 2.05 bits per heavy atom. The highest BCUT2D eigenvalue weighted by Gasteiger charge is 2.28. The van der Waals surface area contributed by atoms with Gasteiger partial charge in [0.25, 0.3) is 0 Å². The van der Waals surface area contributed by atoms with Gasteiger partial charge < -0.3 is 19.3 Å². The van der Waals surface area contributed by atoms with E-state index in [-0.39, 0.29) is 18.0 Å². The van der Waals surface area contributed by atoms with Crippen molar-refractivity contribution in [1.29, 1.82) is 0 Å². The van der Waals surface area contributed by atoms with Gasteiger partial charge in [-0.2, -0.15) is 0 Å². The van der Waals surface area contributed by atoms with Crippen LogP contribution >= 0.6 is 0 Å². The molecule has 3 rings (SSSR count). The van der Waals surface area contributed by atoms with E-state index in [0.29, 0.717) is 38.6 Å². The minimum Gasteiger partial charge on any atom is -0.488 e. The largest absolute Gasteiger partial charge is 0.488 e. The minimum atomic E-state index is -0.311. The van der Waals surface area contributed by atoms with Gasteiger partial charge in [0, 0.05) is 25.7 Å². The molecular weight excluding hydrogens is 287 g/mol. The maximum absolute atomic E-state index is 13.2. The molecule has 1 aromatic rings. The van der Waals surface area contributed by atoms with E-state index in [4.69, 9.17) is 9.47 Å². The molecule has 2 fully saturated rings. The first kappa shape index (κ1) is 15.1. The number of likely N-dealkylation sites (tertiary alicyclic amines) is 1. The predicted molar refractivity (Wildman–Crippen MR) is 79.4 cm³/mol. The van der Waals surface area contributed by atoms with Crippen molar-refractivity contribution < 1.29 is 18.7 Å². The standard InChI is InChI=1S/C16H21FN2O3/c17-13-3-1-4-14(11-13)22-15-5-2-6-19(12-15)16(20)18-7-9-21-10-8-18/h1,3-4,11,15H,2,5-10,12H2.